The Morgan fingerprint density at radius 1 is 1.10 bits per heavy atom. The zero-order valence-electron chi connectivity index (χ0n) is 16.1. The summed E-state index contributed by atoms with van der Waals surface area (Å²) in [6, 6.07) is 18.9. The molecule has 1 aliphatic rings. The number of carbonyl (C=O) groups is 2. The van der Waals surface area contributed by atoms with Crippen LogP contribution in [0, 0.1) is 17.2 Å². The predicted molar refractivity (Wildman–Crippen MR) is 116 cm³/mol. The van der Waals surface area contributed by atoms with E-state index in [1.807, 2.05) is 54.6 Å². The average molecular weight is 409 g/mol. The van der Waals surface area contributed by atoms with Crippen molar-refractivity contribution < 1.29 is 9.59 Å². The van der Waals surface area contributed by atoms with Crippen LogP contribution in [0.15, 0.2) is 59.5 Å². The molecule has 1 heterocycles. The van der Waals surface area contributed by atoms with Gasteiger partial charge in [-0.1, -0.05) is 30.3 Å². The summed E-state index contributed by atoms with van der Waals surface area (Å²) in [5.41, 5.74) is 1.50. The van der Waals surface area contributed by atoms with Crippen LogP contribution in [0.2, 0.25) is 0 Å². The fourth-order valence-electron chi connectivity index (χ4n) is 3.24. The number of hydrogen-bond donors (Lipinski definition) is 2. The highest BCUT2D eigenvalue weighted by Crippen LogP contribution is 2.28. The van der Waals surface area contributed by atoms with Crippen LogP contribution in [0.4, 0.5) is 16.2 Å². The summed E-state index contributed by atoms with van der Waals surface area (Å²) < 4.78 is 0. The largest absolute Gasteiger partial charge is 0.325 e. The molecule has 3 amide bonds. The summed E-state index contributed by atoms with van der Waals surface area (Å²) in [6.45, 7) is 1.04. The molecule has 0 spiro atoms. The van der Waals surface area contributed by atoms with Crippen molar-refractivity contribution in [3.8, 4) is 6.07 Å². The van der Waals surface area contributed by atoms with E-state index in [9.17, 15) is 9.59 Å². The number of amides is 3. The Kier molecular flexibility index (Phi) is 7.54. The highest BCUT2D eigenvalue weighted by atomic mass is 32.2. The van der Waals surface area contributed by atoms with Gasteiger partial charge in [-0.3, -0.25) is 4.79 Å². The Morgan fingerprint density at radius 3 is 2.66 bits per heavy atom. The highest BCUT2D eigenvalue weighted by molar-refractivity contribution is 7.99. The normalized spacial score (nSPS) is 16.0. The third-order valence-corrected chi connectivity index (χ3v) is 5.80. The predicted octanol–water partition coefficient (Wildman–Crippen LogP) is 4.57. The molecule has 29 heavy (non-hydrogen) atoms. The number of nitrogens with zero attached hydrogens (tertiary/aromatic N) is 2. The standard InChI is InChI=1S/C22H24N4O2S/c23-13-7-15-29-20-12-5-4-11-19(20)25-21(27)17-8-6-14-26(16-17)22(28)24-18-9-2-1-3-10-18/h1-5,9-12,17H,6-8,14-16H2,(H,24,28)(H,25,27)/t17-/m1/s1. The molecule has 1 fully saturated rings. The topological polar surface area (TPSA) is 85.2 Å². The number of thioether (sulfide) groups is 1. The summed E-state index contributed by atoms with van der Waals surface area (Å²) in [7, 11) is 0. The number of urea groups is 1. The third kappa shape index (κ3) is 6.00. The van der Waals surface area contributed by atoms with Gasteiger partial charge in [0.15, 0.2) is 0 Å². The minimum atomic E-state index is -0.248. The van der Waals surface area contributed by atoms with Crippen LogP contribution in [0.25, 0.3) is 0 Å². The van der Waals surface area contributed by atoms with Gasteiger partial charge in [-0.25, -0.2) is 4.79 Å². The number of rotatable bonds is 6. The molecule has 6 nitrogen and oxygen atoms in total. The van der Waals surface area contributed by atoms with Crippen LogP contribution in [0.1, 0.15) is 19.3 Å². The Bertz CT molecular complexity index is 882. The van der Waals surface area contributed by atoms with E-state index in [0.717, 1.165) is 29.1 Å². The fraction of sp³-hybridized carbons (Fsp3) is 0.318. The lowest BCUT2D eigenvalue weighted by Crippen LogP contribution is -2.45. The van der Waals surface area contributed by atoms with E-state index in [2.05, 4.69) is 16.7 Å². The van der Waals surface area contributed by atoms with Crippen molar-refractivity contribution in [2.24, 2.45) is 5.92 Å². The molecule has 1 aliphatic heterocycles. The molecule has 1 saturated heterocycles. The highest BCUT2D eigenvalue weighted by Gasteiger charge is 2.28. The molecule has 1 atom stereocenters. The second-order valence-electron chi connectivity index (χ2n) is 6.82. The molecule has 0 unspecified atom stereocenters. The molecular weight excluding hydrogens is 384 g/mol. The van der Waals surface area contributed by atoms with Gasteiger partial charge in [0.05, 0.1) is 17.7 Å². The zero-order chi connectivity index (χ0) is 20.5. The second-order valence-corrected chi connectivity index (χ2v) is 7.96. The molecule has 7 heteroatoms. The first-order chi connectivity index (χ1) is 14.2. The maximum absolute atomic E-state index is 12.8. The molecule has 2 aromatic carbocycles. The van der Waals surface area contributed by atoms with Gasteiger partial charge < -0.3 is 15.5 Å². The van der Waals surface area contributed by atoms with Gasteiger partial charge in [-0.05, 0) is 37.1 Å². The van der Waals surface area contributed by atoms with Crippen LogP contribution in [0.5, 0.6) is 0 Å². The van der Waals surface area contributed by atoms with Gasteiger partial charge in [-0.15, -0.1) is 11.8 Å². The summed E-state index contributed by atoms with van der Waals surface area (Å²) in [5.74, 6) is 0.359. The molecule has 3 rings (SSSR count). The number of anilines is 2. The number of hydrogen-bond acceptors (Lipinski definition) is 4. The summed E-state index contributed by atoms with van der Waals surface area (Å²) in [6.07, 6.45) is 2.00. The molecule has 0 bridgehead atoms. The lowest BCUT2D eigenvalue weighted by molar-refractivity contribution is -0.121. The average Bonchev–Trinajstić information content (AvgIpc) is 2.76. The van der Waals surface area contributed by atoms with Crippen LogP contribution in [-0.2, 0) is 4.79 Å². The minimum Gasteiger partial charge on any atom is -0.325 e. The Labute approximate surface area is 175 Å². The van der Waals surface area contributed by atoms with Gasteiger partial charge in [0, 0.05) is 35.8 Å². The summed E-state index contributed by atoms with van der Waals surface area (Å²) in [4.78, 5) is 28.0. The number of carbonyl (C=O) groups excluding carboxylic acids is 2. The van der Waals surface area contributed by atoms with Gasteiger partial charge >= 0.3 is 6.03 Å². The first-order valence-corrected chi connectivity index (χ1v) is 10.7. The van der Waals surface area contributed by atoms with Crippen molar-refractivity contribution in [3.05, 3.63) is 54.6 Å². The van der Waals surface area contributed by atoms with E-state index in [4.69, 9.17) is 5.26 Å². The van der Waals surface area contributed by atoms with Crippen LogP contribution >= 0.6 is 11.8 Å². The van der Waals surface area contributed by atoms with E-state index < -0.39 is 0 Å². The van der Waals surface area contributed by atoms with E-state index >= 15 is 0 Å². The molecule has 2 N–H and O–H groups in total. The Morgan fingerprint density at radius 2 is 1.86 bits per heavy atom. The first kappa shape index (κ1) is 20.7. The number of nitriles is 1. The van der Waals surface area contributed by atoms with Gasteiger partial charge in [0.2, 0.25) is 5.91 Å². The molecule has 0 aliphatic carbocycles. The number of likely N-dealkylation sites (tertiary alicyclic amines) is 1. The smallest absolute Gasteiger partial charge is 0.321 e. The van der Waals surface area contributed by atoms with Crippen molar-refractivity contribution in [2.45, 2.75) is 24.2 Å². The van der Waals surface area contributed by atoms with E-state index in [-0.39, 0.29) is 17.9 Å². The van der Waals surface area contributed by atoms with Crippen LogP contribution in [0.3, 0.4) is 0 Å². The van der Waals surface area contributed by atoms with Crippen molar-refractivity contribution in [3.63, 3.8) is 0 Å². The summed E-state index contributed by atoms with van der Waals surface area (Å²) in [5, 5.41) is 14.6. The number of piperidine rings is 1. The fourth-order valence-corrected chi connectivity index (χ4v) is 4.10. The van der Waals surface area contributed by atoms with E-state index in [1.54, 1.807) is 16.7 Å². The SMILES string of the molecule is N#CCCSc1ccccc1NC(=O)[C@@H]1CCCN(C(=O)Nc2ccccc2)C1. The quantitative estimate of drug-likeness (QED) is 0.541. The van der Waals surface area contributed by atoms with Gasteiger partial charge in [-0.2, -0.15) is 5.26 Å². The minimum absolute atomic E-state index is 0.0736. The molecule has 150 valence electrons. The van der Waals surface area contributed by atoms with E-state index in [1.165, 1.54) is 0 Å². The van der Waals surface area contributed by atoms with Gasteiger partial charge in [0.1, 0.15) is 0 Å². The van der Waals surface area contributed by atoms with Crippen molar-refractivity contribution in [1.82, 2.24) is 4.90 Å². The van der Waals surface area contributed by atoms with Gasteiger partial charge in [0.25, 0.3) is 0 Å². The first-order valence-electron chi connectivity index (χ1n) is 9.68. The molecular formula is C22H24N4O2S. The maximum atomic E-state index is 12.8. The van der Waals surface area contributed by atoms with Crippen LogP contribution < -0.4 is 10.6 Å². The van der Waals surface area contributed by atoms with Crippen molar-refractivity contribution in [1.29, 1.82) is 5.26 Å². The van der Waals surface area contributed by atoms with Crippen molar-refractivity contribution in [2.75, 3.05) is 29.5 Å². The lowest BCUT2D eigenvalue weighted by Gasteiger charge is -2.32. The molecule has 0 aromatic heterocycles. The Hall–Kier alpha value is -2.98. The van der Waals surface area contributed by atoms with E-state index in [0.29, 0.717) is 25.3 Å². The van der Waals surface area contributed by atoms with Crippen molar-refractivity contribution >= 4 is 35.1 Å². The third-order valence-electron chi connectivity index (χ3n) is 4.72. The van der Waals surface area contributed by atoms with Crippen LogP contribution in [-0.4, -0.2) is 35.7 Å². The maximum Gasteiger partial charge on any atom is 0.321 e. The number of para-hydroxylation sites is 2. The second kappa shape index (κ2) is 10.5. The Balaban J connectivity index is 1.59. The summed E-state index contributed by atoms with van der Waals surface area (Å²) >= 11 is 1.56. The monoisotopic (exact) mass is 408 g/mol. The lowest BCUT2D eigenvalue weighted by atomic mass is 9.97. The number of benzene rings is 2. The molecule has 0 radical (unpaired) electrons. The zero-order valence-corrected chi connectivity index (χ0v) is 17.0. The molecule has 0 saturated carbocycles. The number of nitrogens with one attached hydrogen (secondary N) is 2. The molecule has 2 aromatic rings.